The number of piperidine rings is 1. The Hall–Kier alpha value is -1.95. The summed E-state index contributed by atoms with van der Waals surface area (Å²) in [5.41, 5.74) is 2.10. The molecule has 1 atom stereocenters. The number of halogens is 1. The van der Waals surface area contributed by atoms with Gasteiger partial charge in [-0.1, -0.05) is 41.9 Å². The van der Waals surface area contributed by atoms with E-state index < -0.39 is 0 Å². The zero-order valence-electron chi connectivity index (χ0n) is 15.9. The van der Waals surface area contributed by atoms with Crippen LogP contribution in [0.1, 0.15) is 42.3 Å². The highest BCUT2D eigenvalue weighted by atomic mass is 35.5. The van der Waals surface area contributed by atoms with Gasteiger partial charge >= 0.3 is 0 Å². The number of thiazole rings is 1. The van der Waals surface area contributed by atoms with Crippen molar-refractivity contribution >= 4 is 39.1 Å². The standard InChI is InChI=1S/C22H24ClN3OS/c1-15(17-6-2-3-7-18(17)23)24-14-21(27)26-12-10-16(11-13-26)22-25-19-8-4-5-9-20(19)28-22/h2-9,15-16,24H,10-14H2,1H3/t15-/m1/s1. The molecule has 0 spiro atoms. The van der Waals surface area contributed by atoms with E-state index in [0.717, 1.165) is 42.0 Å². The minimum absolute atomic E-state index is 0.0398. The second-order valence-electron chi connectivity index (χ2n) is 7.30. The van der Waals surface area contributed by atoms with E-state index in [1.807, 2.05) is 42.2 Å². The summed E-state index contributed by atoms with van der Waals surface area (Å²) < 4.78 is 1.24. The number of hydrogen-bond donors (Lipinski definition) is 1. The van der Waals surface area contributed by atoms with Gasteiger partial charge in [-0.15, -0.1) is 11.3 Å². The molecule has 0 unspecified atom stereocenters. The van der Waals surface area contributed by atoms with E-state index in [1.165, 1.54) is 9.71 Å². The number of benzene rings is 2. The maximum Gasteiger partial charge on any atom is 0.236 e. The SMILES string of the molecule is C[C@@H](NCC(=O)N1CCC(c2nc3ccccc3s2)CC1)c1ccccc1Cl. The van der Waals surface area contributed by atoms with Crippen molar-refractivity contribution in [1.29, 1.82) is 0 Å². The van der Waals surface area contributed by atoms with Crippen molar-refractivity contribution in [2.45, 2.75) is 31.7 Å². The van der Waals surface area contributed by atoms with Gasteiger partial charge in [0.15, 0.2) is 0 Å². The van der Waals surface area contributed by atoms with E-state index in [2.05, 4.69) is 23.5 Å². The molecule has 1 fully saturated rings. The fraction of sp³-hybridized carbons (Fsp3) is 0.364. The predicted octanol–water partition coefficient (Wildman–Crippen LogP) is 5.01. The van der Waals surface area contributed by atoms with Gasteiger partial charge in [-0.2, -0.15) is 0 Å². The van der Waals surface area contributed by atoms with Gasteiger partial charge in [0.2, 0.25) is 5.91 Å². The molecular weight excluding hydrogens is 390 g/mol. The largest absolute Gasteiger partial charge is 0.342 e. The third-order valence-corrected chi connectivity index (χ3v) is 6.98. The molecule has 1 aromatic heterocycles. The Kier molecular flexibility index (Phi) is 5.95. The molecule has 2 heterocycles. The van der Waals surface area contributed by atoms with Gasteiger partial charge in [0.25, 0.3) is 0 Å². The third kappa shape index (κ3) is 4.22. The highest BCUT2D eigenvalue weighted by molar-refractivity contribution is 7.18. The number of fused-ring (bicyclic) bond motifs is 1. The number of rotatable bonds is 5. The number of para-hydroxylation sites is 1. The Morgan fingerprint density at radius 3 is 2.68 bits per heavy atom. The van der Waals surface area contributed by atoms with E-state index in [9.17, 15) is 4.79 Å². The summed E-state index contributed by atoms with van der Waals surface area (Å²) in [5.74, 6) is 0.609. The maximum absolute atomic E-state index is 12.6. The van der Waals surface area contributed by atoms with Crippen molar-refractivity contribution in [3.8, 4) is 0 Å². The highest BCUT2D eigenvalue weighted by Gasteiger charge is 2.26. The lowest BCUT2D eigenvalue weighted by Crippen LogP contribution is -2.43. The van der Waals surface area contributed by atoms with Crippen molar-refractivity contribution < 1.29 is 4.79 Å². The van der Waals surface area contributed by atoms with Crippen LogP contribution in [0.2, 0.25) is 5.02 Å². The Bertz CT molecular complexity index is 932. The molecule has 1 saturated heterocycles. The van der Waals surface area contributed by atoms with Crippen molar-refractivity contribution in [1.82, 2.24) is 15.2 Å². The predicted molar refractivity (Wildman–Crippen MR) is 116 cm³/mol. The Balaban J connectivity index is 1.29. The fourth-order valence-electron chi connectivity index (χ4n) is 3.73. The first-order valence-electron chi connectivity index (χ1n) is 9.73. The van der Waals surface area contributed by atoms with E-state index in [0.29, 0.717) is 12.5 Å². The van der Waals surface area contributed by atoms with Crippen LogP contribution < -0.4 is 5.32 Å². The summed E-state index contributed by atoms with van der Waals surface area (Å²) in [6.07, 6.45) is 1.96. The Morgan fingerprint density at radius 1 is 1.21 bits per heavy atom. The van der Waals surface area contributed by atoms with Crippen molar-refractivity contribution in [2.24, 2.45) is 0 Å². The summed E-state index contributed by atoms with van der Waals surface area (Å²) in [4.78, 5) is 19.4. The van der Waals surface area contributed by atoms with Gasteiger partial charge in [0.1, 0.15) is 0 Å². The molecule has 0 aliphatic carbocycles. The summed E-state index contributed by atoms with van der Waals surface area (Å²) in [6.45, 7) is 3.95. The van der Waals surface area contributed by atoms with E-state index in [1.54, 1.807) is 11.3 Å². The van der Waals surface area contributed by atoms with Crippen LogP contribution in [0.15, 0.2) is 48.5 Å². The number of hydrogen-bond acceptors (Lipinski definition) is 4. The molecule has 28 heavy (non-hydrogen) atoms. The molecule has 2 aromatic carbocycles. The average molecular weight is 414 g/mol. The molecule has 6 heteroatoms. The topological polar surface area (TPSA) is 45.2 Å². The lowest BCUT2D eigenvalue weighted by Gasteiger charge is -2.31. The maximum atomic E-state index is 12.6. The van der Waals surface area contributed by atoms with Gasteiger partial charge in [0.05, 0.1) is 21.8 Å². The monoisotopic (exact) mass is 413 g/mol. The molecule has 0 saturated carbocycles. The van der Waals surface area contributed by atoms with Crippen LogP contribution in [0.25, 0.3) is 10.2 Å². The number of likely N-dealkylation sites (tertiary alicyclic amines) is 1. The average Bonchev–Trinajstić information content (AvgIpc) is 3.16. The van der Waals surface area contributed by atoms with E-state index >= 15 is 0 Å². The molecule has 1 amide bonds. The zero-order chi connectivity index (χ0) is 19.5. The second-order valence-corrected chi connectivity index (χ2v) is 8.77. The first-order chi connectivity index (χ1) is 13.6. The quantitative estimate of drug-likeness (QED) is 0.639. The molecule has 1 aliphatic rings. The number of carbonyl (C=O) groups excluding carboxylic acids is 1. The van der Waals surface area contributed by atoms with Crippen LogP contribution in [0.4, 0.5) is 0 Å². The second kappa shape index (κ2) is 8.60. The normalized spacial score (nSPS) is 16.4. The van der Waals surface area contributed by atoms with Gasteiger partial charge in [0, 0.05) is 30.1 Å². The summed E-state index contributed by atoms with van der Waals surface area (Å²) in [6, 6.07) is 16.1. The van der Waals surface area contributed by atoms with Crippen LogP contribution >= 0.6 is 22.9 Å². The van der Waals surface area contributed by atoms with Gasteiger partial charge in [-0.05, 0) is 43.5 Å². The molecule has 1 N–H and O–H groups in total. The minimum Gasteiger partial charge on any atom is -0.342 e. The van der Waals surface area contributed by atoms with Crippen LogP contribution in [-0.4, -0.2) is 35.4 Å². The van der Waals surface area contributed by atoms with Gasteiger partial charge in [-0.25, -0.2) is 4.98 Å². The van der Waals surface area contributed by atoms with Crippen LogP contribution in [0, 0.1) is 0 Å². The first-order valence-corrected chi connectivity index (χ1v) is 10.9. The van der Waals surface area contributed by atoms with Crippen LogP contribution in [0.3, 0.4) is 0 Å². The van der Waals surface area contributed by atoms with Gasteiger partial charge < -0.3 is 10.2 Å². The van der Waals surface area contributed by atoms with E-state index in [4.69, 9.17) is 16.6 Å². The minimum atomic E-state index is 0.0398. The molecule has 3 aromatic rings. The number of carbonyl (C=O) groups is 1. The van der Waals surface area contributed by atoms with Gasteiger partial charge in [-0.3, -0.25) is 4.79 Å². The Labute approximate surface area is 174 Å². The molecule has 1 aliphatic heterocycles. The summed E-state index contributed by atoms with van der Waals surface area (Å²) in [5, 5.41) is 5.25. The number of nitrogens with one attached hydrogen (secondary N) is 1. The zero-order valence-corrected chi connectivity index (χ0v) is 17.5. The molecule has 4 nitrogen and oxygen atoms in total. The Morgan fingerprint density at radius 2 is 1.93 bits per heavy atom. The van der Waals surface area contributed by atoms with Crippen LogP contribution in [-0.2, 0) is 4.79 Å². The summed E-state index contributed by atoms with van der Waals surface area (Å²) in [7, 11) is 0. The third-order valence-electron chi connectivity index (χ3n) is 5.44. The lowest BCUT2D eigenvalue weighted by atomic mass is 9.97. The lowest BCUT2D eigenvalue weighted by molar-refractivity contribution is -0.131. The number of amides is 1. The first kappa shape index (κ1) is 19.4. The molecule has 146 valence electrons. The van der Waals surface area contributed by atoms with Crippen molar-refractivity contribution in [3.05, 3.63) is 64.1 Å². The number of nitrogens with zero attached hydrogens (tertiary/aromatic N) is 2. The molecule has 0 bridgehead atoms. The van der Waals surface area contributed by atoms with Crippen molar-refractivity contribution in [2.75, 3.05) is 19.6 Å². The molecule has 0 radical (unpaired) electrons. The van der Waals surface area contributed by atoms with Crippen LogP contribution in [0.5, 0.6) is 0 Å². The molecular formula is C22H24ClN3OS. The smallest absolute Gasteiger partial charge is 0.236 e. The highest BCUT2D eigenvalue weighted by Crippen LogP contribution is 2.33. The van der Waals surface area contributed by atoms with E-state index in [-0.39, 0.29) is 11.9 Å². The fourth-order valence-corrected chi connectivity index (χ4v) is 5.16. The van der Waals surface area contributed by atoms with Crippen molar-refractivity contribution in [3.63, 3.8) is 0 Å². The number of aromatic nitrogens is 1. The summed E-state index contributed by atoms with van der Waals surface area (Å²) >= 11 is 8.03. The molecule has 4 rings (SSSR count).